The van der Waals surface area contributed by atoms with Crippen LogP contribution < -0.4 is 5.32 Å². The number of benzene rings is 1. The van der Waals surface area contributed by atoms with Gasteiger partial charge in [-0.05, 0) is 24.3 Å². The summed E-state index contributed by atoms with van der Waals surface area (Å²) < 4.78 is 14.1. The molecule has 0 aliphatic heterocycles. The second kappa shape index (κ2) is 5.05. The molecule has 86 valence electrons. The first-order valence-electron chi connectivity index (χ1n) is 4.83. The van der Waals surface area contributed by atoms with E-state index in [0.29, 0.717) is 5.56 Å². The molecule has 1 aromatic heterocycles. The molecule has 0 saturated heterocycles. The van der Waals surface area contributed by atoms with Crippen molar-refractivity contribution in [2.24, 2.45) is 0 Å². The molecule has 3 nitrogen and oxygen atoms in total. The van der Waals surface area contributed by atoms with E-state index in [0.717, 1.165) is 10.7 Å². The minimum atomic E-state index is -0.559. The Labute approximate surface area is 106 Å². The summed E-state index contributed by atoms with van der Waals surface area (Å²) in [6, 6.07) is 8.27. The summed E-state index contributed by atoms with van der Waals surface area (Å²) in [5.74, 6) is -0.924. The van der Waals surface area contributed by atoms with Crippen molar-refractivity contribution in [1.29, 1.82) is 0 Å². The number of hydrogen-bond donors (Lipinski definition) is 1. The van der Waals surface area contributed by atoms with Gasteiger partial charge in [-0.3, -0.25) is 9.78 Å². The van der Waals surface area contributed by atoms with Gasteiger partial charge in [0.2, 0.25) is 0 Å². The van der Waals surface area contributed by atoms with Crippen LogP contribution in [0.15, 0.2) is 47.2 Å². The minimum absolute atomic E-state index is 0.116. The smallest absolute Gasteiger partial charge is 0.255 e. The number of carbonyl (C=O) groups is 1. The van der Waals surface area contributed by atoms with Crippen molar-refractivity contribution in [3.8, 4) is 0 Å². The Bertz CT molecular complexity index is 560. The maximum atomic E-state index is 13.3. The van der Waals surface area contributed by atoms with Gasteiger partial charge in [0.1, 0.15) is 0 Å². The van der Waals surface area contributed by atoms with Crippen LogP contribution in [0.1, 0.15) is 10.4 Å². The van der Waals surface area contributed by atoms with Crippen molar-refractivity contribution in [3.63, 3.8) is 0 Å². The largest absolute Gasteiger partial charge is 0.319 e. The molecule has 5 heteroatoms. The fraction of sp³-hybridized carbons (Fsp3) is 0. The fourth-order valence-corrected chi connectivity index (χ4v) is 1.70. The Morgan fingerprint density at radius 1 is 1.35 bits per heavy atom. The van der Waals surface area contributed by atoms with Gasteiger partial charge in [-0.25, -0.2) is 4.39 Å². The number of hydrogen-bond acceptors (Lipinski definition) is 2. The molecule has 1 amide bonds. The van der Waals surface area contributed by atoms with E-state index in [4.69, 9.17) is 0 Å². The topological polar surface area (TPSA) is 42.0 Å². The summed E-state index contributed by atoms with van der Waals surface area (Å²) in [6.07, 6.45) is 2.47. The summed E-state index contributed by atoms with van der Waals surface area (Å²) in [6.45, 7) is 0. The first kappa shape index (κ1) is 11.7. The first-order chi connectivity index (χ1) is 8.16. The number of carbonyl (C=O) groups excluding carboxylic acids is 1. The Morgan fingerprint density at radius 2 is 2.18 bits per heavy atom. The van der Waals surface area contributed by atoms with Crippen LogP contribution in [0.3, 0.4) is 0 Å². The van der Waals surface area contributed by atoms with E-state index in [9.17, 15) is 9.18 Å². The third-order valence-electron chi connectivity index (χ3n) is 2.11. The predicted molar refractivity (Wildman–Crippen MR) is 66.3 cm³/mol. The number of pyridine rings is 1. The van der Waals surface area contributed by atoms with Crippen molar-refractivity contribution in [1.82, 2.24) is 4.98 Å². The van der Waals surface area contributed by atoms with Gasteiger partial charge < -0.3 is 5.32 Å². The molecule has 2 aromatic rings. The van der Waals surface area contributed by atoms with Crippen molar-refractivity contribution in [2.45, 2.75) is 0 Å². The molecule has 2 rings (SSSR count). The number of halogens is 2. The third kappa shape index (κ3) is 2.88. The fourth-order valence-electron chi connectivity index (χ4n) is 1.30. The van der Waals surface area contributed by atoms with Crippen LogP contribution in [0, 0.1) is 5.82 Å². The van der Waals surface area contributed by atoms with Gasteiger partial charge in [-0.2, -0.15) is 0 Å². The highest BCUT2D eigenvalue weighted by molar-refractivity contribution is 9.10. The number of aromatic nitrogens is 1. The lowest BCUT2D eigenvalue weighted by atomic mass is 10.2. The molecule has 0 aliphatic carbocycles. The molecular formula is C12H8BrFN2O. The Balaban J connectivity index is 2.20. The van der Waals surface area contributed by atoms with Gasteiger partial charge in [0.05, 0.1) is 11.9 Å². The van der Waals surface area contributed by atoms with E-state index < -0.39 is 5.82 Å². The molecule has 0 fully saturated rings. The number of nitrogens with one attached hydrogen (secondary N) is 1. The molecule has 1 heterocycles. The molecule has 0 atom stereocenters. The van der Waals surface area contributed by atoms with Crippen LogP contribution in [0.4, 0.5) is 10.1 Å². The summed E-state index contributed by atoms with van der Waals surface area (Å²) >= 11 is 3.27. The maximum Gasteiger partial charge on any atom is 0.255 e. The molecule has 1 N–H and O–H groups in total. The van der Waals surface area contributed by atoms with E-state index in [1.165, 1.54) is 12.3 Å². The lowest BCUT2D eigenvalue weighted by Crippen LogP contribution is -2.12. The molecule has 0 radical (unpaired) electrons. The maximum absolute atomic E-state index is 13.3. The molecule has 17 heavy (non-hydrogen) atoms. The zero-order chi connectivity index (χ0) is 12.3. The van der Waals surface area contributed by atoms with Gasteiger partial charge in [0, 0.05) is 16.2 Å². The van der Waals surface area contributed by atoms with Gasteiger partial charge in [-0.1, -0.05) is 22.0 Å². The van der Waals surface area contributed by atoms with E-state index in [-0.39, 0.29) is 11.6 Å². The first-order valence-corrected chi connectivity index (χ1v) is 5.62. The van der Waals surface area contributed by atoms with E-state index in [1.54, 1.807) is 18.2 Å². The molecule has 0 aliphatic rings. The molecule has 1 aromatic carbocycles. The zero-order valence-corrected chi connectivity index (χ0v) is 10.2. The van der Waals surface area contributed by atoms with Gasteiger partial charge >= 0.3 is 0 Å². The van der Waals surface area contributed by atoms with Crippen molar-refractivity contribution in [2.75, 3.05) is 5.32 Å². The normalized spacial score (nSPS) is 10.0. The van der Waals surface area contributed by atoms with Crippen molar-refractivity contribution < 1.29 is 9.18 Å². The third-order valence-corrected chi connectivity index (χ3v) is 2.60. The summed E-state index contributed by atoms with van der Waals surface area (Å²) in [5, 5.41) is 2.48. The highest BCUT2D eigenvalue weighted by Gasteiger charge is 2.08. The van der Waals surface area contributed by atoms with Crippen LogP contribution in [0.2, 0.25) is 0 Å². The quantitative estimate of drug-likeness (QED) is 0.924. The van der Waals surface area contributed by atoms with Crippen LogP contribution in [0.5, 0.6) is 0 Å². The Kier molecular flexibility index (Phi) is 3.49. The zero-order valence-electron chi connectivity index (χ0n) is 8.65. The van der Waals surface area contributed by atoms with E-state index in [2.05, 4.69) is 26.2 Å². The van der Waals surface area contributed by atoms with Crippen LogP contribution in [-0.4, -0.2) is 10.9 Å². The predicted octanol–water partition coefficient (Wildman–Crippen LogP) is 3.24. The number of nitrogens with zero attached hydrogens (tertiary/aromatic N) is 1. The van der Waals surface area contributed by atoms with Gasteiger partial charge in [0.25, 0.3) is 5.91 Å². The van der Waals surface area contributed by atoms with Crippen LogP contribution in [-0.2, 0) is 0 Å². The lowest BCUT2D eigenvalue weighted by Gasteiger charge is -2.05. The minimum Gasteiger partial charge on any atom is -0.319 e. The number of anilines is 1. The number of rotatable bonds is 2. The van der Waals surface area contributed by atoms with E-state index in [1.807, 2.05) is 6.07 Å². The summed E-state index contributed by atoms with van der Waals surface area (Å²) in [7, 11) is 0. The number of amides is 1. The molecule has 0 saturated carbocycles. The average molecular weight is 295 g/mol. The summed E-state index contributed by atoms with van der Waals surface area (Å²) in [5.41, 5.74) is 0.570. The lowest BCUT2D eigenvalue weighted by molar-refractivity contribution is 0.102. The van der Waals surface area contributed by atoms with Gasteiger partial charge in [0.15, 0.2) is 5.82 Å². The average Bonchev–Trinajstić information content (AvgIpc) is 2.32. The summed E-state index contributed by atoms with van der Waals surface area (Å²) in [4.78, 5) is 15.4. The molecular weight excluding hydrogens is 287 g/mol. The molecule has 0 bridgehead atoms. The molecule has 0 unspecified atom stereocenters. The standard InChI is InChI=1S/C12H8BrFN2O/c13-9-3-1-2-8(6-9)12(17)16-11-4-5-15-7-10(11)14/h1-7H,(H,15,16,17). The Morgan fingerprint density at radius 3 is 2.88 bits per heavy atom. The SMILES string of the molecule is O=C(Nc1ccncc1F)c1cccc(Br)c1. The molecule has 0 spiro atoms. The van der Waals surface area contributed by atoms with Crippen molar-refractivity contribution in [3.05, 3.63) is 58.6 Å². The highest BCUT2D eigenvalue weighted by atomic mass is 79.9. The Hall–Kier alpha value is -1.75. The van der Waals surface area contributed by atoms with Crippen molar-refractivity contribution >= 4 is 27.5 Å². The monoisotopic (exact) mass is 294 g/mol. The van der Waals surface area contributed by atoms with E-state index >= 15 is 0 Å². The van der Waals surface area contributed by atoms with Crippen LogP contribution >= 0.6 is 15.9 Å². The second-order valence-electron chi connectivity index (χ2n) is 3.32. The van der Waals surface area contributed by atoms with Crippen LogP contribution in [0.25, 0.3) is 0 Å². The highest BCUT2D eigenvalue weighted by Crippen LogP contribution is 2.15. The second-order valence-corrected chi connectivity index (χ2v) is 4.24. The van der Waals surface area contributed by atoms with Gasteiger partial charge in [-0.15, -0.1) is 0 Å².